The summed E-state index contributed by atoms with van der Waals surface area (Å²) in [7, 11) is 0. The van der Waals surface area contributed by atoms with Crippen molar-refractivity contribution in [2.24, 2.45) is 0 Å². The van der Waals surface area contributed by atoms with Crippen LogP contribution in [0.5, 0.6) is 0 Å². The SMILES string of the molecule is C[C@@H](O[C@H]1O[C@H](COCc2ccccc2)[C@H](OCc2ccccc2)[C@H](OCc2ccccc2)[C@H]1[N+](=O)[O-])[C@H](NC(=O)OCC1c2ccccc2-c2ccccc21)C(=O)O. The van der Waals surface area contributed by atoms with Crippen LogP contribution < -0.4 is 5.32 Å². The number of carboxylic acid groups (broad SMARTS) is 1. The summed E-state index contributed by atoms with van der Waals surface area (Å²) in [5, 5.41) is 25.7. The first-order chi connectivity index (χ1) is 28.8. The Balaban J connectivity index is 1.10. The number of nitro groups is 1. The molecule has 1 aliphatic heterocycles. The summed E-state index contributed by atoms with van der Waals surface area (Å²) in [4.78, 5) is 38.4. The summed E-state index contributed by atoms with van der Waals surface area (Å²) in [6.45, 7) is 1.58. The molecule has 7 rings (SSSR count). The number of carbonyl (C=O) groups excluding carboxylic acids is 1. The van der Waals surface area contributed by atoms with E-state index in [2.05, 4.69) is 5.32 Å². The van der Waals surface area contributed by atoms with Crippen molar-refractivity contribution in [1.82, 2.24) is 5.32 Å². The lowest BCUT2D eigenvalue weighted by molar-refractivity contribution is -0.578. The molecule has 7 atom stereocenters. The Morgan fingerprint density at radius 2 is 1.20 bits per heavy atom. The fourth-order valence-corrected chi connectivity index (χ4v) is 7.59. The van der Waals surface area contributed by atoms with Gasteiger partial charge in [-0.3, -0.25) is 10.1 Å². The topological polar surface area (TPSA) is 165 Å². The molecule has 1 saturated heterocycles. The summed E-state index contributed by atoms with van der Waals surface area (Å²) >= 11 is 0. The van der Waals surface area contributed by atoms with E-state index < -0.39 is 59.8 Å². The molecule has 1 fully saturated rings. The number of hydrogen-bond acceptors (Lipinski definition) is 10. The Kier molecular flexibility index (Phi) is 13.7. The van der Waals surface area contributed by atoms with Crippen molar-refractivity contribution in [3.05, 3.63) is 177 Å². The van der Waals surface area contributed by atoms with E-state index in [-0.39, 0.29) is 39.0 Å². The van der Waals surface area contributed by atoms with Crippen molar-refractivity contribution in [1.29, 1.82) is 0 Å². The highest BCUT2D eigenvalue weighted by Crippen LogP contribution is 2.44. The molecule has 0 unspecified atom stereocenters. The van der Waals surface area contributed by atoms with E-state index in [0.717, 1.165) is 38.9 Å². The fraction of sp³-hybridized carbons (Fsp3) is 0.304. The lowest BCUT2D eigenvalue weighted by Gasteiger charge is -2.43. The van der Waals surface area contributed by atoms with Gasteiger partial charge in [0.25, 0.3) is 6.04 Å². The molecule has 0 radical (unpaired) electrons. The van der Waals surface area contributed by atoms with E-state index in [9.17, 15) is 24.8 Å². The van der Waals surface area contributed by atoms with Gasteiger partial charge in [0.15, 0.2) is 12.1 Å². The number of alkyl carbamates (subject to hydrolysis) is 1. The lowest BCUT2D eigenvalue weighted by atomic mass is 9.96. The smallest absolute Gasteiger partial charge is 0.407 e. The molecule has 59 heavy (non-hydrogen) atoms. The number of carbonyl (C=O) groups is 2. The van der Waals surface area contributed by atoms with E-state index in [0.29, 0.717) is 0 Å². The van der Waals surface area contributed by atoms with Gasteiger partial charge in [0.05, 0.1) is 32.5 Å². The summed E-state index contributed by atoms with van der Waals surface area (Å²) in [5.41, 5.74) is 6.55. The van der Waals surface area contributed by atoms with Gasteiger partial charge in [-0.2, -0.15) is 0 Å². The second-order valence-corrected chi connectivity index (χ2v) is 14.5. The average molecular weight is 803 g/mol. The number of ether oxygens (including phenoxy) is 6. The number of fused-ring (bicyclic) bond motifs is 3. The van der Waals surface area contributed by atoms with Crippen molar-refractivity contribution in [3.8, 4) is 11.1 Å². The maximum atomic E-state index is 13.3. The number of carboxylic acids is 1. The predicted molar refractivity (Wildman–Crippen MR) is 216 cm³/mol. The number of nitrogens with zero attached hydrogens (tertiary/aromatic N) is 1. The van der Waals surface area contributed by atoms with Gasteiger partial charge in [0, 0.05) is 10.8 Å². The Bertz CT molecular complexity index is 2110. The van der Waals surface area contributed by atoms with Crippen molar-refractivity contribution < 1.29 is 48.0 Å². The fourth-order valence-electron chi connectivity index (χ4n) is 7.59. The van der Waals surface area contributed by atoms with Gasteiger partial charge in [-0.25, -0.2) is 9.59 Å². The standard InChI is InChI=1S/C46H46N2O11/c1-30(40(44(49)50)47-46(51)57-28-38-36-23-13-11-21-34(36)35-22-12-14-24-37(35)38)58-45-41(48(52)53)43(56-27-33-19-9-4-10-20-33)42(55-26-32-17-7-3-8-18-32)39(59-45)29-54-25-31-15-5-2-6-16-31/h2-24,30,38-43,45H,25-29H2,1H3,(H,47,51)(H,49,50)/t30-,39-,40+,41-,42+,43-,45+/m1/s1. The minimum Gasteiger partial charge on any atom is -0.480 e. The molecule has 2 aliphatic rings. The van der Waals surface area contributed by atoms with Gasteiger partial charge in [-0.1, -0.05) is 140 Å². The highest BCUT2D eigenvalue weighted by molar-refractivity contribution is 5.81. The van der Waals surface area contributed by atoms with Crippen molar-refractivity contribution in [2.75, 3.05) is 13.2 Å². The monoisotopic (exact) mass is 802 g/mol. The molecule has 0 bridgehead atoms. The molecule has 0 saturated carbocycles. The summed E-state index contributed by atoms with van der Waals surface area (Å²) < 4.78 is 37.0. The molecule has 5 aromatic rings. The zero-order valence-electron chi connectivity index (χ0n) is 32.4. The molecule has 2 N–H and O–H groups in total. The maximum Gasteiger partial charge on any atom is 0.407 e. The molecule has 13 nitrogen and oxygen atoms in total. The van der Waals surface area contributed by atoms with Crippen LogP contribution in [0.3, 0.4) is 0 Å². The number of aliphatic carboxylic acids is 1. The molecule has 306 valence electrons. The van der Waals surface area contributed by atoms with Crippen LogP contribution in [0.1, 0.15) is 40.7 Å². The van der Waals surface area contributed by atoms with Crippen molar-refractivity contribution >= 4 is 12.1 Å². The van der Waals surface area contributed by atoms with Crippen LogP contribution in [0.4, 0.5) is 4.79 Å². The minimum atomic E-state index is -1.68. The van der Waals surface area contributed by atoms with Gasteiger partial charge in [-0.15, -0.1) is 0 Å². The van der Waals surface area contributed by atoms with Gasteiger partial charge in [0.2, 0.25) is 6.29 Å². The van der Waals surface area contributed by atoms with E-state index >= 15 is 0 Å². The maximum absolute atomic E-state index is 13.3. The third-order valence-electron chi connectivity index (χ3n) is 10.5. The quantitative estimate of drug-likeness (QED) is 0.0684. The Hall–Kier alpha value is -5.96. The number of benzene rings is 5. The molecule has 13 heteroatoms. The Morgan fingerprint density at radius 3 is 1.73 bits per heavy atom. The van der Waals surface area contributed by atoms with Crippen LogP contribution in [0.15, 0.2) is 140 Å². The first-order valence-corrected chi connectivity index (χ1v) is 19.5. The molecule has 1 heterocycles. The predicted octanol–water partition coefficient (Wildman–Crippen LogP) is 7.14. The first kappa shape index (κ1) is 41.2. The van der Waals surface area contributed by atoms with E-state index in [1.807, 2.05) is 140 Å². The molecule has 1 aliphatic carbocycles. The van der Waals surface area contributed by atoms with Gasteiger partial charge < -0.3 is 38.8 Å². The molecule has 0 spiro atoms. The zero-order chi connectivity index (χ0) is 41.1. The minimum absolute atomic E-state index is 0.00198. The van der Waals surface area contributed by atoms with Crippen LogP contribution in [0.2, 0.25) is 0 Å². The lowest BCUT2D eigenvalue weighted by Crippen LogP contribution is -2.64. The average Bonchev–Trinajstić information content (AvgIpc) is 3.57. The van der Waals surface area contributed by atoms with Crippen LogP contribution in [0.25, 0.3) is 11.1 Å². The summed E-state index contributed by atoms with van der Waals surface area (Å²) in [6.07, 6.45) is -7.21. The van der Waals surface area contributed by atoms with Crippen LogP contribution in [-0.2, 0) is 53.0 Å². The summed E-state index contributed by atoms with van der Waals surface area (Å²) in [5.74, 6) is -1.70. The molecular weight excluding hydrogens is 757 g/mol. The first-order valence-electron chi connectivity index (χ1n) is 19.5. The van der Waals surface area contributed by atoms with Gasteiger partial charge in [-0.05, 0) is 45.9 Å². The van der Waals surface area contributed by atoms with E-state index in [4.69, 9.17) is 28.4 Å². The normalized spacial score (nSPS) is 20.8. The number of hydrogen-bond donors (Lipinski definition) is 2. The second kappa shape index (κ2) is 19.7. The molecular formula is C46H46N2O11. The molecule has 1 amide bonds. The summed E-state index contributed by atoms with van der Waals surface area (Å²) in [6, 6.07) is 40.3. The number of nitrogens with one attached hydrogen (secondary N) is 1. The highest BCUT2D eigenvalue weighted by Gasteiger charge is 2.56. The number of rotatable bonds is 18. The van der Waals surface area contributed by atoms with Crippen LogP contribution in [0, 0.1) is 10.1 Å². The number of amides is 1. The van der Waals surface area contributed by atoms with Crippen molar-refractivity contribution in [2.45, 2.75) is 75.5 Å². The van der Waals surface area contributed by atoms with Crippen molar-refractivity contribution in [3.63, 3.8) is 0 Å². The van der Waals surface area contributed by atoms with Crippen LogP contribution >= 0.6 is 0 Å². The second-order valence-electron chi connectivity index (χ2n) is 14.5. The Morgan fingerprint density at radius 1 is 0.712 bits per heavy atom. The van der Waals surface area contributed by atoms with E-state index in [1.165, 1.54) is 6.92 Å². The van der Waals surface area contributed by atoms with Gasteiger partial charge >= 0.3 is 12.1 Å². The Labute approximate surface area is 341 Å². The third-order valence-corrected chi connectivity index (χ3v) is 10.5. The highest BCUT2D eigenvalue weighted by atomic mass is 16.7. The molecule has 5 aromatic carbocycles. The largest absolute Gasteiger partial charge is 0.480 e. The molecule has 0 aromatic heterocycles. The van der Waals surface area contributed by atoms with Gasteiger partial charge in [0.1, 0.15) is 18.8 Å². The third kappa shape index (κ3) is 10.2. The van der Waals surface area contributed by atoms with E-state index in [1.54, 1.807) is 0 Å². The zero-order valence-corrected chi connectivity index (χ0v) is 32.4. The van der Waals surface area contributed by atoms with Crippen LogP contribution in [-0.4, -0.2) is 78.1 Å².